The molecule has 13 heavy (non-hydrogen) atoms. The van der Waals surface area contributed by atoms with Crippen LogP contribution in [0.5, 0.6) is 0 Å². The second-order valence-corrected chi connectivity index (χ2v) is 4.27. The summed E-state index contributed by atoms with van der Waals surface area (Å²) in [6, 6.07) is 0. The Morgan fingerprint density at radius 1 is 1.15 bits per heavy atom. The van der Waals surface area contributed by atoms with Crippen molar-refractivity contribution >= 4 is 0 Å². The molecule has 1 aromatic heterocycles. The maximum atomic E-state index is 9.93. The van der Waals surface area contributed by atoms with E-state index >= 15 is 0 Å². The third-order valence-electron chi connectivity index (χ3n) is 2.73. The lowest BCUT2D eigenvalue weighted by molar-refractivity contribution is 0.00759. The van der Waals surface area contributed by atoms with Crippen LogP contribution < -0.4 is 0 Å². The second kappa shape index (κ2) is 3.07. The molecule has 3 heteroatoms. The largest absolute Gasteiger partial charge is 0.390 e. The molecule has 3 nitrogen and oxygen atoms in total. The van der Waals surface area contributed by atoms with Gasteiger partial charge in [-0.05, 0) is 13.8 Å². The van der Waals surface area contributed by atoms with Crippen LogP contribution >= 0.6 is 0 Å². The summed E-state index contributed by atoms with van der Waals surface area (Å²) >= 11 is 0. The van der Waals surface area contributed by atoms with Crippen LogP contribution in [0.15, 0.2) is 18.6 Å². The molecule has 1 rings (SSSR count). The predicted octanol–water partition coefficient (Wildman–Crippen LogP) is 1.53. The second-order valence-electron chi connectivity index (χ2n) is 4.27. The topological polar surface area (TPSA) is 46.0 Å². The maximum Gasteiger partial charge on any atom is 0.0698 e. The predicted molar refractivity (Wildman–Crippen MR) is 51.4 cm³/mol. The smallest absolute Gasteiger partial charge is 0.0698 e. The van der Waals surface area contributed by atoms with E-state index in [1.165, 1.54) is 0 Å². The van der Waals surface area contributed by atoms with Crippen molar-refractivity contribution in [3.05, 3.63) is 24.3 Å². The fourth-order valence-electron chi connectivity index (χ4n) is 0.935. The van der Waals surface area contributed by atoms with Crippen molar-refractivity contribution in [1.82, 2.24) is 9.97 Å². The highest BCUT2D eigenvalue weighted by Crippen LogP contribution is 2.32. The van der Waals surface area contributed by atoms with Crippen LogP contribution in [-0.4, -0.2) is 20.7 Å². The fourth-order valence-corrected chi connectivity index (χ4v) is 0.935. The normalized spacial score (nSPS) is 13.0. The average Bonchev–Trinajstić information content (AvgIpc) is 2.04. The Morgan fingerprint density at radius 3 is 2.15 bits per heavy atom. The summed E-state index contributed by atoms with van der Waals surface area (Å²) in [4.78, 5) is 8.19. The molecule has 72 valence electrons. The summed E-state index contributed by atoms with van der Waals surface area (Å²) in [6.07, 6.45) is 4.96. The van der Waals surface area contributed by atoms with Crippen LogP contribution in [-0.2, 0) is 5.41 Å². The molecule has 0 spiro atoms. The fraction of sp³-hybridized carbons (Fsp3) is 0.600. The molecule has 0 radical (unpaired) electrons. The minimum atomic E-state index is -0.803. The lowest BCUT2D eigenvalue weighted by Crippen LogP contribution is -2.43. The van der Waals surface area contributed by atoms with Crippen molar-refractivity contribution in [2.24, 2.45) is 0 Å². The summed E-state index contributed by atoms with van der Waals surface area (Å²) in [5, 5.41) is 9.93. The van der Waals surface area contributed by atoms with E-state index in [-0.39, 0.29) is 5.41 Å². The monoisotopic (exact) mass is 180 g/mol. The van der Waals surface area contributed by atoms with Crippen molar-refractivity contribution in [2.75, 3.05) is 0 Å². The van der Waals surface area contributed by atoms with Crippen LogP contribution in [0, 0.1) is 0 Å². The highest BCUT2D eigenvalue weighted by Gasteiger charge is 2.37. The van der Waals surface area contributed by atoms with Gasteiger partial charge in [0.25, 0.3) is 0 Å². The van der Waals surface area contributed by atoms with E-state index in [2.05, 4.69) is 9.97 Å². The highest BCUT2D eigenvalue weighted by molar-refractivity contribution is 5.15. The first-order valence-electron chi connectivity index (χ1n) is 4.34. The van der Waals surface area contributed by atoms with Gasteiger partial charge in [-0.15, -0.1) is 0 Å². The van der Waals surface area contributed by atoms with Gasteiger partial charge in [0, 0.05) is 24.0 Å². The van der Waals surface area contributed by atoms with E-state index in [0.717, 1.165) is 5.69 Å². The zero-order chi connectivity index (χ0) is 10.1. The van der Waals surface area contributed by atoms with Gasteiger partial charge in [-0.1, -0.05) is 13.8 Å². The Labute approximate surface area is 78.9 Å². The van der Waals surface area contributed by atoms with Crippen molar-refractivity contribution in [2.45, 2.75) is 38.7 Å². The Balaban J connectivity index is 3.08. The molecule has 0 atom stereocenters. The van der Waals surface area contributed by atoms with Crippen molar-refractivity contribution in [3.8, 4) is 0 Å². The summed E-state index contributed by atoms with van der Waals surface area (Å²) in [7, 11) is 0. The van der Waals surface area contributed by atoms with Crippen LogP contribution in [0.2, 0.25) is 0 Å². The standard InChI is InChI=1S/C10H16N2O/c1-9(2,10(3,4)13)8-7-11-5-6-12-8/h5-7,13H,1-4H3. The SMILES string of the molecule is CC(C)(O)C(C)(C)c1cnccn1. The number of nitrogens with zero attached hydrogens (tertiary/aromatic N) is 2. The number of hydrogen-bond donors (Lipinski definition) is 1. The van der Waals surface area contributed by atoms with Gasteiger partial charge in [-0.2, -0.15) is 0 Å². The van der Waals surface area contributed by atoms with Crippen molar-refractivity contribution in [1.29, 1.82) is 0 Å². The summed E-state index contributed by atoms with van der Waals surface area (Å²) in [5.74, 6) is 0. The number of hydrogen-bond acceptors (Lipinski definition) is 3. The van der Waals surface area contributed by atoms with Gasteiger partial charge in [-0.3, -0.25) is 9.97 Å². The maximum absolute atomic E-state index is 9.93. The number of rotatable bonds is 2. The van der Waals surface area contributed by atoms with Gasteiger partial charge in [0.05, 0.1) is 11.3 Å². The van der Waals surface area contributed by atoms with E-state index in [4.69, 9.17) is 0 Å². The van der Waals surface area contributed by atoms with Gasteiger partial charge >= 0.3 is 0 Å². The third-order valence-corrected chi connectivity index (χ3v) is 2.73. The Hall–Kier alpha value is -0.960. The van der Waals surface area contributed by atoms with E-state index in [0.29, 0.717) is 0 Å². The van der Waals surface area contributed by atoms with Crippen LogP contribution in [0.3, 0.4) is 0 Å². The molecule has 0 bridgehead atoms. The van der Waals surface area contributed by atoms with Gasteiger partial charge in [0.2, 0.25) is 0 Å². The van der Waals surface area contributed by atoms with Crippen LogP contribution in [0.4, 0.5) is 0 Å². The molecular formula is C10H16N2O. The molecule has 0 aliphatic rings. The first-order chi connectivity index (χ1) is 5.86. The van der Waals surface area contributed by atoms with Crippen LogP contribution in [0.25, 0.3) is 0 Å². The van der Waals surface area contributed by atoms with Crippen LogP contribution in [0.1, 0.15) is 33.4 Å². The Kier molecular flexibility index (Phi) is 2.39. The minimum Gasteiger partial charge on any atom is -0.390 e. The summed E-state index contributed by atoms with van der Waals surface area (Å²) < 4.78 is 0. The molecule has 0 amide bonds. The zero-order valence-corrected chi connectivity index (χ0v) is 8.57. The molecule has 0 unspecified atom stereocenters. The number of aliphatic hydroxyl groups is 1. The summed E-state index contributed by atoms with van der Waals surface area (Å²) in [5.41, 5.74) is -0.382. The minimum absolute atomic E-state index is 0.388. The number of aromatic nitrogens is 2. The lowest BCUT2D eigenvalue weighted by atomic mass is 9.75. The molecule has 1 heterocycles. The van der Waals surface area contributed by atoms with E-state index < -0.39 is 5.60 Å². The molecule has 0 aromatic carbocycles. The molecule has 0 aliphatic carbocycles. The van der Waals surface area contributed by atoms with Gasteiger partial charge in [0.1, 0.15) is 0 Å². The van der Waals surface area contributed by atoms with E-state index in [1.54, 1.807) is 32.4 Å². The summed E-state index contributed by atoms with van der Waals surface area (Å²) in [6.45, 7) is 7.47. The third kappa shape index (κ3) is 1.86. The molecule has 0 saturated heterocycles. The molecule has 1 aromatic rings. The molecule has 0 fully saturated rings. The van der Waals surface area contributed by atoms with Crippen molar-refractivity contribution in [3.63, 3.8) is 0 Å². The Morgan fingerprint density at radius 2 is 1.77 bits per heavy atom. The van der Waals surface area contributed by atoms with Gasteiger partial charge in [0.15, 0.2) is 0 Å². The van der Waals surface area contributed by atoms with E-state index in [9.17, 15) is 5.11 Å². The average molecular weight is 180 g/mol. The molecule has 0 aliphatic heterocycles. The van der Waals surface area contributed by atoms with Crippen molar-refractivity contribution < 1.29 is 5.11 Å². The first kappa shape index (κ1) is 10.1. The van der Waals surface area contributed by atoms with Gasteiger partial charge in [-0.25, -0.2) is 0 Å². The highest BCUT2D eigenvalue weighted by atomic mass is 16.3. The Bertz CT molecular complexity index is 275. The van der Waals surface area contributed by atoms with Gasteiger partial charge < -0.3 is 5.11 Å². The molecule has 1 N–H and O–H groups in total. The lowest BCUT2D eigenvalue weighted by Gasteiger charge is -2.36. The quantitative estimate of drug-likeness (QED) is 0.750. The first-order valence-corrected chi connectivity index (χ1v) is 4.34. The van der Waals surface area contributed by atoms with E-state index in [1.807, 2.05) is 13.8 Å². The molecular weight excluding hydrogens is 164 g/mol. The zero-order valence-electron chi connectivity index (χ0n) is 8.57. The molecule has 0 saturated carbocycles.